The summed E-state index contributed by atoms with van der Waals surface area (Å²) in [5, 5.41) is 5.04. The molecule has 4 atom stereocenters. The Hall–Kier alpha value is -4.47. The van der Waals surface area contributed by atoms with Crippen LogP contribution in [0, 0.1) is 22.7 Å². The number of alkyl carbamates (subject to hydrolysis) is 2. The van der Waals surface area contributed by atoms with E-state index in [2.05, 4.69) is 10.6 Å². The second kappa shape index (κ2) is 11.0. The number of benzene rings is 2. The van der Waals surface area contributed by atoms with Crippen molar-refractivity contribution in [2.45, 2.75) is 40.2 Å². The molecular formula is C33H37N3O7. The number of Topliss-reactive ketones (excluding diaryl/α,β-unsaturated/α-hetero) is 1. The molecule has 1 aliphatic heterocycles. The number of carbonyl (C=O) groups is 5. The number of allylic oxidation sites excluding steroid dienone is 2. The van der Waals surface area contributed by atoms with Crippen LogP contribution in [0.25, 0.3) is 11.1 Å². The molecule has 1 heterocycles. The highest BCUT2D eigenvalue weighted by atomic mass is 16.6. The van der Waals surface area contributed by atoms with E-state index in [1.54, 1.807) is 34.6 Å². The van der Waals surface area contributed by atoms with E-state index in [9.17, 15) is 24.0 Å². The Morgan fingerprint density at radius 3 is 1.70 bits per heavy atom. The van der Waals surface area contributed by atoms with Gasteiger partial charge in [-0.3, -0.25) is 19.3 Å². The van der Waals surface area contributed by atoms with Gasteiger partial charge in [-0.05, 0) is 56.9 Å². The summed E-state index contributed by atoms with van der Waals surface area (Å²) in [6, 6.07) is 19.1. The van der Waals surface area contributed by atoms with Gasteiger partial charge in [-0.15, -0.1) is 0 Å². The smallest absolute Gasteiger partial charge is 0.407 e. The summed E-state index contributed by atoms with van der Waals surface area (Å²) in [5.74, 6) is -2.62. The fraction of sp³-hybridized carbons (Fsp3) is 0.424. The summed E-state index contributed by atoms with van der Waals surface area (Å²) in [6.07, 6.45) is -1.37. The molecule has 4 unspecified atom stereocenters. The van der Waals surface area contributed by atoms with Crippen LogP contribution < -0.4 is 10.6 Å². The molecule has 1 saturated heterocycles. The lowest BCUT2D eigenvalue weighted by molar-refractivity contribution is -0.144. The van der Waals surface area contributed by atoms with Gasteiger partial charge in [0.05, 0.1) is 29.2 Å². The Labute approximate surface area is 250 Å². The van der Waals surface area contributed by atoms with Crippen LogP contribution in [0.4, 0.5) is 9.59 Å². The van der Waals surface area contributed by atoms with Crippen molar-refractivity contribution in [1.82, 2.24) is 15.5 Å². The number of ether oxygens (including phenoxy) is 2. The van der Waals surface area contributed by atoms with Crippen molar-refractivity contribution in [2.75, 3.05) is 26.2 Å². The quantitative estimate of drug-likeness (QED) is 0.352. The number of likely N-dealkylation sites (tertiary alicyclic amines) is 1. The van der Waals surface area contributed by atoms with Gasteiger partial charge in [0, 0.05) is 13.1 Å². The molecule has 2 bridgehead atoms. The molecule has 0 aromatic heterocycles. The number of hydrogen-bond acceptors (Lipinski definition) is 7. The van der Waals surface area contributed by atoms with Crippen LogP contribution in [0.15, 0.2) is 60.7 Å². The van der Waals surface area contributed by atoms with E-state index in [0.29, 0.717) is 0 Å². The molecule has 43 heavy (non-hydrogen) atoms. The Morgan fingerprint density at radius 2 is 1.23 bits per heavy atom. The third-order valence-electron chi connectivity index (χ3n) is 8.61. The summed E-state index contributed by atoms with van der Waals surface area (Å²) < 4.78 is 10.2. The Kier molecular flexibility index (Phi) is 7.66. The topological polar surface area (TPSA) is 131 Å². The summed E-state index contributed by atoms with van der Waals surface area (Å²) >= 11 is 0. The van der Waals surface area contributed by atoms with Crippen LogP contribution >= 0.6 is 0 Å². The van der Waals surface area contributed by atoms with E-state index in [1.807, 2.05) is 60.7 Å². The molecule has 0 radical (unpaired) electrons. The highest BCUT2D eigenvalue weighted by Gasteiger charge is 2.78. The number of nitrogens with one attached hydrogen (secondary N) is 2. The maximum absolute atomic E-state index is 14.3. The predicted octanol–water partition coefficient (Wildman–Crippen LogP) is 4.06. The number of amides is 4. The van der Waals surface area contributed by atoms with Crippen molar-refractivity contribution in [3.63, 3.8) is 0 Å². The van der Waals surface area contributed by atoms with E-state index in [4.69, 9.17) is 9.47 Å². The van der Waals surface area contributed by atoms with Crippen molar-refractivity contribution in [2.24, 2.45) is 22.7 Å². The lowest BCUT2D eigenvalue weighted by Gasteiger charge is -2.35. The average molecular weight is 588 g/mol. The first-order valence-electron chi connectivity index (χ1n) is 14.5. The third-order valence-corrected chi connectivity index (χ3v) is 8.61. The molecule has 2 aromatic rings. The maximum Gasteiger partial charge on any atom is 0.407 e. The first-order chi connectivity index (χ1) is 20.3. The Morgan fingerprint density at radius 1 is 0.767 bits per heavy atom. The normalized spacial score (nSPS) is 26.1. The minimum Gasteiger partial charge on any atom is -0.448 e. The molecule has 1 saturated carbocycles. The van der Waals surface area contributed by atoms with E-state index in [0.717, 1.165) is 22.3 Å². The highest BCUT2D eigenvalue weighted by Crippen LogP contribution is 2.73. The number of imide groups is 1. The molecule has 10 heteroatoms. The van der Waals surface area contributed by atoms with Gasteiger partial charge in [0.2, 0.25) is 11.8 Å². The van der Waals surface area contributed by atoms with E-state index >= 15 is 0 Å². The Bertz CT molecular complexity index is 1410. The van der Waals surface area contributed by atoms with Crippen LogP contribution in [0.5, 0.6) is 0 Å². The average Bonchev–Trinajstić information content (AvgIpc) is 3.40. The number of hydrogen-bond donors (Lipinski definition) is 2. The van der Waals surface area contributed by atoms with Gasteiger partial charge in [0.15, 0.2) is 5.78 Å². The zero-order chi connectivity index (χ0) is 31.2. The Balaban J connectivity index is 1.30. The van der Waals surface area contributed by atoms with Crippen molar-refractivity contribution in [3.8, 4) is 0 Å². The van der Waals surface area contributed by atoms with Crippen molar-refractivity contribution >= 4 is 40.9 Å². The van der Waals surface area contributed by atoms with Gasteiger partial charge in [-0.2, -0.15) is 0 Å². The molecule has 226 valence electrons. The highest BCUT2D eigenvalue weighted by molar-refractivity contribution is 6.29. The van der Waals surface area contributed by atoms with Crippen LogP contribution in [0.3, 0.4) is 0 Å². The summed E-state index contributed by atoms with van der Waals surface area (Å²) in [5.41, 5.74) is 0.250. The fourth-order valence-corrected chi connectivity index (χ4v) is 7.02. The molecule has 2 aromatic carbocycles. The lowest BCUT2D eigenvalue weighted by atomic mass is 9.63. The minimum absolute atomic E-state index is 0.0267. The molecule has 10 nitrogen and oxygen atoms in total. The molecule has 4 amide bonds. The van der Waals surface area contributed by atoms with Gasteiger partial charge in [-0.1, -0.05) is 60.7 Å². The van der Waals surface area contributed by atoms with Gasteiger partial charge >= 0.3 is 12.2 Å². The fourth-order valence-electron chi connectivity index (χ4n) is 7.02. The first kappa shape index (κ1) is 30.0. The molecule has 2 aliphatic carbocycles. The third kappa shape index (κ3) is 4.98. The number of rotatable bonds is 8. The van der Waals surface area contributed by atoms with Crippen molar-refractivity contribution in [3.05, 3.63) is 71.8 Å². The standard InChI is InChI=1S/C33H37N3O7/c1-31(2,3)43-30(41)35-17-19-42-29(40)34-16-18-36-26(37)24-25(27(36)38)33(5)23(21-14-10-7-11-15-21)22(32(24,4)28(33)39)20-12-8-6-9-13-20/h6-15,24-25H,16-19H2,1-5H3,(H,34,40)(H,35,41). The SMILES string of the molecule is CC(C)(C)OC(=O)NCCOC(=O)NCCN1C(=O)C2C(C1=O)C1(C)C(=O)C2(C)C(c2ccccc2)=C1c1ccccc1. The van der Waals surface area contributed by atoms with Gasteiger partial charge in [-0.25, -0.2) is 9.59 Å². The largest absolute Gasteiger partial charge is 0.448 e. The molecule has 2 N–H and O–H groups in total. The summed E-state index contributed by atoms with van der Waals surface area (Å²) in [7, 11) is 0. The molecule has 3 aliphatic rings. The van der Waals surface area contributed by atoms with Gasteiger partial charge in [0.1, 0.15) is 12.2 Å². The summed E-state index contributed by atoms with van der Waals surface area (Å²) in [6.45, 7) is 8.70. The van der Waals surface area contributed by atoms with Crippen molar-refractivity contribution in [1.29, 1.82) is 0 Å². The monoisotopic (exact) mass is 587 g/mol. The van der Waals surface area contributed by atoms with Crippen molar-refractivity contribution < 1.29 is 33.4 Å². The molecule has 2 fully saturated rings. The van der Waals surface area contributed by atoms with Gasteiger partial charge in [0.25, 0.3) is 0 Å². The number of ketones is 1. The zero-order valence-corrected chi connectivity index (χ0v) is 25.1. The van der Waals surface area contributed by atoms with Crippen LogP contribution in [0.1, 0.15) is 45.7 Å². The predicted molar refractivity (Wildman–Crippen MR) is 158 cm³/mol. The summed E-state index contributed by atoms with van der Waals surface area (Å²) in [4.78, 5) is 67.1. The van der Waals surface area contributed by atoms with E-state index < -0.39 is 52.3 Å². The second-order valence-corrected chi connectivity index (χ2v) is 12.5. The van der Waals surface area contributed by atoms with Crippen LogP contribution in [-0.4, -0.2) is 66.5 Å². The molecule has 0 spiro atoms. The number of carbonyl (C=O) groups excluding carboxylic acids is 5. The maximum atomic E-state index is 14.3. The van der Waals surface area contributed by atoms with E-state index in [-0.39, 0.29) is 32.0 Å². The number of nitrogens with zero attached hydrogens (tertiary/aromatic N) is 1. The van der Waals surface area contributed by atoms with Crippen LogP contribution in [-0.2, 0) is 23.9 Å². The molecule has 5 rings (SSSR count). The first-order valence-corrected chi connectivity index (χ1v) is 14.5. The number of fused-ring (bicyclic) bond motifs is 5. The van der Waals surface area contributed by atoms with Gasteiger partial charge < -0.3 is 20.1 Å². The van der Waals surface area contributed by atoms with Crippen LogP contribution in [0.2, 0.25) is 0 Å². The molecular weight excluding hydrogens is 550 g/mol. The zero-order valence-electron chi connectivity index (χ0n) is 25.1. The minimum atomic E-state index is -1.19. The van der Waals surface area contributed by atoms with E-state index in [1.165, 1.54) is 4.90 Å². The lowest BCUT2D eigenvalue weighted by Crippen LogP contribution is -2.43. The second-order valence-electron chi connectivity index (χ2n) is 12.5.